The number of furan rings is 1. The number of rotatable bonds is 8. The highest BCUT2D eigenvalue weighted by Gasteiger charge is 2.09. The van der Waals surface area contributed by atoms with Crippen molar-refractivity contribution in [2.24, 2.45) is 4.99 Å². The van der Waals surface area contributed by atoms with Crippen molar-refractivity contribution in [1.82, 2.24) is 20.5 Å². The molecule has 2 rings (SSSR count). The number of aromatic nitrogens is 1. The van der Waals surface area contributed by atoms with E-state index in [0.29, 0.717) is 25.6 Å². The lowest BCUT2D eigenvalue weighted by atomic mass is 10.2. The van der Waals surface area contributed by atoms with Gasteiger partial charge in [0.2, 0.25) is 5.91 Å². The molecule has 0 unspecified atom stereocenters. The van der Waals surface area contributed by atoms with Crippen LogP contribution in [0.15, 0.2) is 52.2 Å². The minimum Gasteiger partial charge on any atom is -0.467 e. The van der Waals surface area contributed by atoms with Crippen molar-refractivity contribution in [3.63, 3.8) is 0 Å². The van der Waals surface area contributed by atoms with Crippen LogP contribution in [0.2, 0.25) is 0 Å². The van der Waals surface area contributed by atoms with Crippen molar-refractivity contribution in [3.05, 3.63) is 54.2 Å². The molecule has 0 atom stereocenters. The third kappa shape index (κ3) is 6.66. The molecule has 0 aliphatic carbocycles. The van der Waals surface area contributed by atoms with Crippen LogP contribution in [0.1, 0.15) is 18.4 Å². The van der Waals surface area contributed by atoms with Gasteiger partial charge in [0.1, 0.15) is 12.3 Å². The molecular formula is C18H25N5O2. The highest BCUT2D eigenvalue weighted by atomic mass is 16.3. The van der Waals surface area contributed by atoms with Crippen molar-refractivity contribution in [1.29, 1.82) is 0 Å². The average molecular weight is 343 g/mol. The second kappa shape index (κ2) is 10.1. The summed E-state index contributed by atoms with van der Waals surface area (Å²) in [4.78, 5) is 22.5. The maximum atomic E-state index is 12.2. The Morgan fingerprint density at radius 3 is 2.84 bits per heavy atom. The molecule has 0 aromatic carbocycles. The fourth-order valence-electron chi connectivity index (χ4n) is 2.15. The van der Waals surface area contributed by atoms with Crippen LogP contribution in [-0.4, -0.2) is 48.4 Å². The van der Waals surface area contributed by atoms with E-state index in [9.17, 15) is 4.79 Å². The van der Waals surface area contributed by atoms with Crippen LogP contribution in [0.3, 0.4) is 0 Å². The molecule has 0 fully saturated rings. The van der Waals surface area contributed by atoms with Crippen molar-refractivity contribution in [2.45, 2.75) is 19.9 Å². The minimum absolute atomic E-state index is 0.0360. The number of carbonyl (C=O) groups excluding carboxylic acids is 1. The molecule has 2 aromatic rings. The number of hydrogen-bond donors (Lipinski definition) is 2. The number of aliphatic imine (C=N–C) groups is 1. The normalized spacial score (nSPS) is 11.2. The van der Waals surface area contributed by atoms with Crippen LogP contribution in [0, 0.1) is 0 Å². The molecule has 0 spiro atoms. The second-order valence-electron chi connectivity index (χ2n) is 5.51. The summed E-state index contributed by atoms with van der Waals surface area (Å²) in [5.41, 5.74) is 0.971. The topological polar surface area (TPSA) is 82.8 Å². The lowest BCUT2D eigenvalue weighted by Crippen LogP contribution is -2.38. The Kier molecular flexibility index (Phi) is 7.49. The molecule has 134 valence electrons. The highest BCUT2D eigenvalue weighted by Crippen LogP contribution is 1.99. The summed E-state index contributed by atoms with van der Waals surface area (Å²) in [6.07, 6.45) is 4.11. The van der Waals surface area contributed by atoms with Crippen molar-refractivity contribution >= 4 is 11.9 Å². The zero-order valence-corrected chi connectivity index (χ0v) is 14.7. The number of nitrogens with zero attached hydrogens (tertiary/aromatic N) is 3. The third-order valence-corrected chi connectivity index (χ3v) is 3.58. The number of nitrogens with one attached hydrogen (secondary N) is 2. The first kappa shape index (κ1) is 18.5. The first-order chi connectivity index (χ1) is 12.2. The van der Waals surface area contributed by atoms with Gasteiger partial charge in [0, 0.05) is 38.4 Å². The Hall–Kier alpha value is -2.83. The molecule has 7 nitrogen and oxygen atoms in total. The van der Waals surface area contributed by atoms with Crippen LogP contribution in [0.5, 0.6) is 0 Å². The standard InChI is InChI=1S/C18H25N5O2/c1-3-19-18(21-13-16-8-6-12-25-16)22-14-17(24)23(2)11-9-15-7-4-5-10-20-15/h4-8,10,12H,3,9,11,13-14H2,1-2H3,(H2,19,21,22). The summed E-state index contributed by atoms with van der Waals surface area (Å²) in [5, 5.41) is 6.25. The zero-order chi connectivity index (χ0) is 17.9. The molecule has 0 aliphatic heterocycles. The van der Waals surface area contributed by atoms with Crippen LogP contribution in [-0.2, 0) is 17.8 Å². The molecule has 0 aliphatic rings. The van der Waals surface area contributed by atoms with Crippen LogP contribution in [0.4, 0.5) is 0 Å². The van der Waals surface area contributed by atoms with Crippen molar-refractivity contribution < 1.29 is 9.21 Å². The van der Waals surface area contributed by atoms with E-state index in [1.165, 1.54) is 0 Å². The molecule has 7 heteroatoms. The molecule has 0 saturated carbocycles. The molecule has 2 aromatic heterocycles. The number of guanidine groups is 1. The van der Waals surface area contributed by atoms with E-state index < -0.39 is 0 Å². The van der Waals surface area contributed by atoms with Gasteiger partial charge in [0.15, 0.2) is 5.96 Å². The third-order valence-electron chi connectivity index (χ3n) is 3.58. The molecule has 25 heavy (non-hydrogen) atoms. The Labute approximate surface area is 148 Å². The summed E-state index contributed by atoms with van der Waals surface area (Å²) < 4.78 is 5.27. The van der Waals surface area contributed by atoms with Gasteiger partial charge in [0.05, 0.1) is 12.8 Å². The van der Waals surface area contributed by atoms with Gasteiger partial charge in [-0.15, -0.1) is 0 Å². The van der Waals surface area contributed by atoms with E-state index in [-0.39, 0.29) is 12.5 Å². The van der Waals surface area contributed by atoms with Gasteiger partial charge in [-0.1, -0.05) is 6.07 Å². The molecule has 2 heterocycles. The first-order valence-corrected chi connectivity index (χ1v) is 8.37. The van der Waals surface area contributed by atoms with Gasteiger partial charge in [0.25, 0.3) is 0 Å². The predicted molar refractivity (Wildman–Crippen MR) is 97.1 cm³/mol. The largest absolute Gasteiger partial charge is 0.467 e. The zero-order valence-electron chi connectivity index (χ0n) is 14.7. The minimum atomic E-state index is -0.0360. The van der Waals surface area contributed by atoms with E-state index in [2.05, 4.69) is 20.6 Å². The van der Waals surface area contributed by atoms with E-state index >= 15 is 0 Å². The molecule has 0 bridgehead atoms. The Balaban J connectivity index is 1.79. The lowest BCUT2D eigenvalue weighted by Gasteiger charge is -2.16. The highest BCUT2D eigenvalue weighted by molar-refractivity contribution is 5.84. The van der Waals surface area contributed by atoms with Gasteiger partial charge >= 0.3 is 0 Å². The second-order valence-corrected chi connectivity index (χ2v) is 5.51. The Morgan fingerprint density at radius 2 is 2.16 bits per heavy atom. The maximum absolute atomic E-state index is 12.2. The first-order valence-electron chi connectivity index (χ1n) is 8.37. The maximum Gasteiger partial charge on any atom is 0.244 e. The van der Waals surface area contributed by atoms with E-state index in [1.807, 2.05) is 37.3 Å². The van der Waals surface area contributed by atoms with Gasteiger partial charge < -0.3 is 20.0 Å². The number of carbonyl (C=O) groups is 1. The van der Waals surface area contributed by atoms with E-state index in [1.54, 1.807) is 24.4 Å². The van der Waals surface area contributed by atoms with Crippen molar-refractivity contribution in [2.75, 3.05) is 26.7 Å². The summed E-state index contributed by atoms with van der Waals surface area (Å²) in [7, 11) is 1.78. The van der Waals surface area contributed by atoms with Crippen LogP contribution in [0.25, 0.3) is 0 Å². The van der Waals surface area contributed by atoms with E-state index in [4.69, 9.17) is 4.42 Å². The summed E-state index contributed by atoms with van der Waals surface area (Å²) in [6.45, 7) is 3.91. The Bertz CT molecular complexity index is 655. The lowest BCUT2D eigenvalue weighted by molar-refractivity contribution is -0.128. The number of amides is 1. The van der Waals surface area contributed by atoms with Crippen molar-refractivity contribution in [3.8, 4) is 0 Å². The van der Waals surface area contributed by atoms with Crippen LogP contribution < -0.4 is 10.6 Å². The van der Waals surface area contributed by atoms with Crippen LogP contribution >= 0.6 is 0 Å². The molecule has 2 N–H and O–H groups in total. The monoisotopic (exact) mass is 343 g/mol. The summed E-state index contributed by atoms with van der Waals surface area (Å²) >= 11 is 0. The molecule has 1 amide bonds. The fourth-order valence-corrected chi connectivity index (χ4v) is 2.15. The molecule has 0 radical (unpaired) electrons. The summed E-state index contributed by atoms with van der Waals surface area (Å²) in [6, 6.07) is 9.50. The Morgan fingerprint density at radius 1 is 1.28 bits per heavy atom. The number of pyridine rings is 1. The predicted octanol–water partition coefficient (Wildman–Crippen LogP) is 1.43. The van der Waals surface area contributed by atoms with Gasteiger partial charge in [-0.05, 0) is 31.2 Å². The quantitative estimate of drug-likeness (QED) is 0.560. The van der Waals surface area contributed by atoms with Gasteiger partial charge in [-0.2, -0.15) is 0 Å². The van der Waals surface area contributed by atoms with Gasteiger partial charge in [-0.3, -0.25) is 9.78 Å². The molecular weight excluding hydrogens is 318 g/mol. The average Bonchev–Trinajstić information content (AvgIpc) is 3.16. The summed E-state index contributed by atoms with van der Waals surface area (Å²) in [5.74, 6) is 1.36. The number of likely N-dealkylation sites (N-methyl/N-ethyl adjacent to an activating group) is 1. The smallest absolute Gasteiger partial charge is 0.244 e. The number of hydrogen-bond acceptors (Lipinski definition) is 4. The SMILES string of the molecule is CCNC(=NCC(=O)N(C)CCc1ccccn1)NCc1ccco1. The van der Waals surface area contributed by atoms with E-state index in [0.717, 1.165) is 17.9 Å². The fraction of sp³-hybridized carbons (Fsp3) is 0.389. The van der Waals surface area contributed by atoms with Gasteiger partial charge in [-0.25, -0.2) is 4.99 Å². The molecule has 0 saturated heterocycles.